The monoisotopic (exact) mass is 418 g/mol. The molecule has 1 heterocycles. The van der Waals surface area contributed by atoms with Gasteiger partial charge in [0, 0.05) is 11.8 Å². The standard InChI is InChI=1S/C25H22O6/c1-28-19-11-16-17(12-20(19)29-2)23(15-8-9-18-21(10-15)31-13-30-18)24(25(26)27)22(16)14-6-4-3-5-7-14/h3-12,22-24H,13H2,1-2H3,(H,26,27)/t22-,23-,24-/m0/s1. The average molecular weight is 418 g/mol. The van der Waals surface area contributed by atoms with Crippen molar-refractivity contribution in [3.8, 4) is 23.0 Å². The molecule has 0 saturated heterocycles. The first-order valence-corrected chi connectivity index (χ1v) is 10.1. The molecule has 6 nitrogen and oxygen atoms in total. The van der Waals surface area contributed by atoms with E-state index in [0.717, 1.165) is 22.3 Å². The summed E-state index contributed by atoms with van der Waals surface area (Å²) in [6, 6.07) is 19.2. The Morgan fingerprint density at radius 1 is 0.839 bits per heavy atom. The van der Waals surface area contributed by atoms with Gasteiger partial charge in [0.05, 0.1) is 20.1 Å². The van der Waals surface area contributed by atoms with E-state index >= 15 is 0 Å². The maximum Gasteiger partial charge on any atom is 0.308 e. The zero-order chi connectivity index (χ0) is 21.5. The lowest BCUT2D eigenvalue weighted by Crippen LogP contribution is -2.23. The fourth-order valence-corrected chi connectivity index (χ4v) is 4.85. The van der Waals surface area contributed by atoms with Gasteiger partial charge < -0.3 is 24.1 Å². The molecule has 3 atom stereocenters. The van der Waals surface area contributed by atoms with Crippen LogP contribution in [0.25, 0.3) is 0 Å². The predicted molar refractivity (Wildman–Crippen MR) is 113 cm³/mol. The van der Waals surface area contributed by atoms with Gasteiger partial charge in [-0.2, -0.15) is 0 Å². The number of hydrogen-bond donors (Lipinski definition) is 1. The van der Waals surface area contributed by atoms with E-state index in [0.29, 0.717) is 23.0 Å². The van der Waals surface area contributed by atoms with Crippen LogP contribution in [0.4, 0.5) is 0 Å². The number of methoxy groups -OCH3 is 2. The average Bonchev–Trinajstić information content (AvgIpc) is 3.40. The van der Waals surface area contributed by atoms with Gasteiger partial charge in [-0.1, -0.05) is 36.4 Å². The number of benzene rings is 3. The van der Waals surface area contributed by atoms with Crippen molar-refractivity contribution in [2.45, 2.75) is 11.8 Å². The molecule has 0 unspecified atom stereocenters. The van der Waals surface area contributed by atoms with E-state index in [9.17, 15) is 9.90 Å². The van der Waals surface area contributed by atoms with Crippen molar-refractivity contribution in [2.24, 2.45) is 5.92 Å². The lowest BCUT2D eigenvalue weighted by molar-refractivity contribution is -0.142. The number of carboxylic acids is 1. The molecule has 1 aliphatic carbocycles. The molecule has 0 fully saturated rings. The number of hydrogen-bond acceptors (Lipinski definition) is 5. The minimum Gasteiger partial charge on any atom is -0.493 e. The molecule has 1 aliphatic heterocycles. The molecule has 5 rings (SSSR count). The first kappa shape index (κ1) is 19.3. The highest BCUT2D eigenvalue weighted by molar-refractivity contribution is 5.78. The van der Waals surface area contributed by atoms with E-state index < -0.39 is 11.9 Å². The quantitative estimate of drug-likeness (QED) is 0.662. The van der Waals surface area contributed by atoms with Crippen molar-refractivity contribution < 1.29 is 28.8 Å². The smallest absolute Gasteiger partial charge is 0.308 e. The normalized spacial score (nSPS) is 20.9. The predicted octanol–water partition coefficient (Wildman–Crippen LogP) is 4.41. The molecule has 6 heteroatoms. The molecule has 31 heavy (non-hydrogen) atoms. The highest BCUT2D eigenvalue weighted by Gasteiger charge is 2.47. The van der Waals surface area contributed by atoms with E-state index in [2.05, 4.69) is 0 Å². The summed E-state index contributed by atoms with van der Waals surface area (Å²) >= 11 is 0. The Kier molecular flexibility index (Phi) is 4.70. The van der Waals surface area contributed by atoms with Crippen LogP contribution >= 0.6 is 0 Å². The third-order valence-corrected chi connectivity index (χ3v) is 6.18. The lowest BCUT2D eigenvalue weighted by atomic mass is 9.79. The van der Waals surface area contributed by atoms with E-state index in [4.69, 9.17) is 18.9 Å². The van der Waals surface area contributed by atoms with Crippen LogP contribution in [-0.2, 0) is 4.79 Å². The van der Waals surface area contributed by atoms with Crippen LogP contribution in [-0.4, -0.2) is 32.1 Å². The molecule has 0 aromatic heterocycles. The van der Waals surface area contributed by atoms with Crippen LogP contribution in [0.5, 0.6) is 23.0 Å². The van der Waals surface area contributed by atoms with Crippen molar-refractivity contribution in [3.63, 3.8) is 0 Å². The van der Waals surface area contributed by atoms with Gasteiger partial charge in [0.1, 0.15) is 0 Å². The van der Waals surface area contributed by atoms with E-state index in [1.807, 2.05) is 60.7 Å². The minimum absolute atomic E-state index is 0.167. The van der Waals surface area contributed by atoms with Crippen LogP contribution in [0.2, 0.25) is 0 Å². The third kappa shape index (κ3) is 3.06. The summed E-state index contributed by atoms with van der Waals surface area (Å²) in [6.07, 6.45) is 0. The maximum atomic E-state index is 12.7. The Bertz CT molecular complexity index is 1140. The van der Waals surface area contributed by atoms with E-state index in [1.165, 1.54) is 0 Å². The zero-order valence-electron chi connectivity index (χ0n) is 17.2. The number of rotatable bonds is 5. The number of fused-ring (bicyclic) bond motifs is 2. The summed E-state index contributed by atoms with van der Waals surface area (Å²) in [4.78, 5) is 12.7. The second-order valence-electron chi connectivity index (χ2n) is 7.68. The van der Waals surface area contributed by atoms with Gasteiger partial charge in [0.2, 0.25) is 6.79 Å². The Labute approximate surface area is 179 Å². The van der Waals surface area contributed by atoms with Crippen LogP contribution in [0.15, 0.2) is 60.7 Å². The van der Waals surface area contributed by atoms with Gasteiger partial charge >= 0.3 is 5.97 Å². The fourth-order valence-electron chi connectivity index (χ4n) is 4.85. The highest BCUT2D eigenvalue weighted by Crippen LogP contribution is 2.55. The summed E-state index contributed by atoms with van der Waals surface area (Å²) < 4.78 is 22.1. The van der Waals surface area contributed by atoms with Crippen molar-refractivity contribution in [2.75, 3.05) is 21.0 Å². The largest absolute Gasteiger partial charge is 0.493 e. The molecule has 0 amide bonds. The van der Waals surface area contributed by atoms with Gasteiger partial charge in [-0.25, -0.2) is 0 Å². The molecule has 1 N–H and O–H groups in total. The van der Waals surface area contributed by atoms with E-state index in [1.54, 1.807) is 14.2 Å². The fraction of sp³-hybridized carbons (Fsp3) is 0.240. The highest BCUT2D eigenvalue weighted by atomic mass is 16.7. The Hall–Kier alpha value is -3.67. The van der Waals surface area contributed by atoms with Gasteiger partial charge in [0.15, 0.2) is 23.0 Å². The Balaban J connectivity index is 1.75. The minimum atomic E-state index is -0.856. The number of aliphatic carboxylic acids is 1. The molecule has 0 saturated carbocycles. The van der Waals surface area contributed by atoms with Crippen molar-refractivity contribution in [3.05, 3.63) is 82.9 Å². The molecular formula is C25H22O6. The molecule has 0 radical (unpaired) electrons. The summed E-state index contributed by atoms with van der Waals surface area (Å²) in [5, 5.41) is 10.4. The zero-order valence-corrected chi connectivity index (χ0v) is 17.2. The maximum absolute atomic E-state index is 12.7. The lowest BCUT2D eigenvalue weighted by Gasteiger charge is -2.23. The van der Waals surface area contributed by atoms with Gasteiger partial charge in [0.25, 0.3) is 0 Å². The van der Waals surface area contributed by atoms with E-state index in [-0.39, 0.29) is 18.6 Å². The summed E-state index contributed by atoms with van der Waals surface area (Å²) in [5.74, 6) is 0.186. The van der Waals surface area contributed by atoms with Crippen molar-refractivity contribution in [1.82, 2.24) is 0 Å². The molecule has 3 aromatic rings. The van der Waals surface area contributed by atoms with Crippen LogP contribution in [0.3, 0.4) is 0 Å². The topological polar surface area (TPSA) is 74.2 Å². The van der Waals surface area contributed by atoms with Crippen LogP contribution in [0.1, 0.15) is 34.1 Å². The summed E-state index contributed by atoms with van der Waals surface area (Å²) in [6.45, 7) is 0.167. The number of carboxylic acid groups (broad SMARTS) is 1. The summed E-state index contributed by atoms with van der Waals surface area (Å²) in [7, 11) is 3.17. The SMILES string of the molecule is COc1cc2c(cc1OC)[C@H](c1ccc3c(c1)OCO3)[C@@H](C(=O)O)[C@H]2c1ccccc1. The molecule has 3 aromatic carbocycles. The second-order valence-corrected chi connectivity index (χ2v) is 7.68. The van der Waals surface area contributed by atoms with Crippen molar-refractivity contribution in [1.29, 1.82) is 0 Å². The van der Waals surface area contributed by atoms with Crippen LogP contribution in [0, 0.1) is 5.92 Å². The summed E-state index contributed by atoms with van der Waals surface area (Å²) in [5.41, 5.74) is 3.66. The molecule has 0 bridgehead atoms. The van der Waals surface area contributed by atoms with Gasteiger partial charge in [-0.3, -0.25) is 4.79 Å². The Morgan fingerprint density at radius 3 is 2.06 bits per heavy atom. The first-order chi connectivity index (χ1) is 15.1. The second kappa shape index (κ2) is 7.54. The molecule has 0 spiro atoms. The Morgan fingerprint density at radius 2 is 1.45 bits per heavy atom. The molecular weight excluding hydrogens is 396 g/mol. The number of carbonyl (C=O) groups is 1. The number of ether oxygens (including phenoxy) is 4. The molecule has 158 valence electrons. The third-order valence-electron chi connectivity index (χ3n) is 6.18. The van der Waals surface area contributed by atoms with Gasteiger partial charge in [-0.05, 0) is 46.5 Å². The van der Waals surface area contributed by atoms with Crippen molar-refractivity contribution >= 4 is 5.97 Å². The van der Waals surface area contributed by atoms with Crippen LogP contribution < -0.4 is 18.9 Å². The first-order valence-electron chi connectivity index (χ1n) is 10.1. The van der Waals surface area contributed by atoms with Gasteiger partial charge in [-0.15, -0.1) is 0 Å². The molecule has 2 aliphatic rings.